The number of para-hydroxylation sites is 1. The number of hydrogen-bond donors (Lipinski definition) is 0. The van der Waals surface area contributed by atoms with Gasteiger partial charge in [0.05, 0.1) is 5.69 Å². The van der Waals surface area contributed by atoms with Crippen molar-refractivity contribution in [3.05, 3.63) is 72.5 Å². The molecule has 0 amide bonds. The maximum atomic E-state index is 14.0. The van der Waals surface area contributed by atoms with Crippen LogP contribution in [0.1, 0.15) is 0 Å². The van der Waals surface area contributed by atoms with Gasteiger partial charge in [0, 0.05) is 31.7 Å². The molecular formula is C22H19FN6O. The van der Waals surface area contributed by atoms with Crippen molar-refractivity contribution >= 4 is 11.5 Å². The van der Waals surface area contributed by atoms with Gasteiger partial charge in [-0.2, -0.15) is 4.98 Å². The van der Waals surface area contributed by atoms with Crippen molar-refractivity contribution in [2.24, 2.45) is 0 Å². The molecule has 2 aromatic carbocycles. The van der Waals surface area contributed by atoms with E-state index in [-0.39, 0.29) is 5.82 Å². The molecule has 0 saturated carbocycles. The average Bonchev–Trinajstić information content (AvgIpc) is 3.31. The highest BCUT2D eigenvalue weighted by molar-refractivity contribution is 5.58. The predicted molar refractivity (Wildman–Crippen MR) is 112 cm³/mol. The van der Waals surface area contributed by atoms with Crippen molar-refractivity contribution in [2.45, 2.75) is 0 Å². The number of piperazine rings is 1. The first kappa shape index (κ1) is 18.2. The monoisotopic (exact) mass is 402 g/mol. The Labute approximate surface area is 172 Å². The van der Waals surface area contributed by atoms with E-state index < -0.39 is 0 Å². The summed E-state index contributed by atoms with van der Waals surface area (Å²) >= 11 is 0. The standard InChI is InChI=1S/C22H19FN6O/c23-17-8-4-5-9-19(17)28-12-14-29(15-13-28)20-11-10-18(25-26-20)22-24-21(27-30-22)16-6-2-1-3-7-16/h1-11H,12-15H2. The number of nitrogens with zero attached hydrogens (tertiary/aromatic N) is 6. The van der Waals surface area contributed by atoms with Crippen molar-refractivity contribution in [3.63, 3.8) is 0 Å². The van der Waals surface area contributed by atoms with Crippen LogP contribution in [-0.2, 0) is 0 Å². The van der Waals surface area contributed by atoms with Gasteiger partial charge in [0.1, 0.15) is 5.82 Å². The fourth-order valence-corrected chi connectivity index (χ4v) is 3.52. The van der Waals surface area contributed by atoms with Crippen LogP contribution in [-0.4, -0.2) is 46.5 Å². The third kappa shape index (κ3) is 3.59. The SMILES string of the molecule is Fc1ccccc1N1CCN(c2ccc(-c3nc(-c4ccccc4)no3)nn2)CC1. The molecule has 4 aromatic rings. The Morgan fingerprint density at radius 1 is 0.767 bits per heavy atom. The van der Waals surface area contributed by atoms with Crippen LogP contribution in [0.25, 0.3) is 23.0 Å². The lowest BCUT2D eigenvalue weighted by molar-refractivity contribution is 0.430. The first-order valence-corrected chi connectivity index (χ1v) is 9.75. The Morgan fingerprint density at radius 3 is 2.23 bits per heavy atom. The van der Waals surface area contributed by atoms with Crippen LogP contribution >= 0.6 is 0 Å². The number of benzene rings is 2. The van der Waals surface area contributed by atoms with E-state index in [1.54, 1.807) is 6.07 Å². The van der Waals surface area contributed by atoms with Crippen molar-refractivity contribution < 1.29 is 8.91 Å². The highest BCUT2D eigenvalue weighted by Crippen LogP contribution is 2.24. The Morgan fingerprint density at radius 2 is 1.50 bits per heavy atom. The van der Waals surface area contributed by atoms with E-state index in [0.29, 0.717) is 36.2 Å². The lowest BCUT2D eigenvalue weighted by atomic mass is 10.2. The first-order chi connectivity index (χ1) is 14.8. The van der Waals surface area contributed by atoms with Crippen LogP contribution < -0.4 is 9.80 Å². The summed E-state index contributed by atoms with van der Waals surface area (Å²) in [6, 6.07) is 20.2. The Hall–Kier alpha value is -3.81. The van der Waals surface area contributed by atoms with Crippen LogP contribution in [0.2, 0.25) is 0 Å². The Kier molecular flexibility index (Phi) is 4.80. The largest absolute Gasteiger partial charge is 0.366 e. The van der Waals surface area contributed by atoms with E-state index in [9.17, 15) is 4.39 Å². The quantitative estimate of drug-likeness (QED) is 0.516. The van der Waals surface area contributed by atoms with Crippen molar-refractivity contribution in [1.82, 2.24) is 20.3 Å². The summed E-state index contributed by atoms with van der Waals surface area (Å²) in [7, 11) is 0. The van der Waals surface area contributed by atoms with Gasteiger partial charge in [0.15, 0.2) is 11.5 Å². The van der Waals surface area contributed by atoms with Gasteiger partial charge in [-0.15, -0.1) is 10.2 Å². The fourth-order valence-electron chi connectivity index (χ4n) is 3.52. The van der Waals surface area contributed by atoms with Crippen LogP contribution in [0, 0.1) is 5.82 Å². The molecular weight excluding hydrogens is 383 g/mol. The zero-order valence-electron chi connectivity index (χ0n) is 16.1. The number of hydrogen-bond acceptors (Lipinski definition) is 7. The van der Waals surface area contributed by atoms with E-state index in [4.69, 9.17) is 4.52 Å². The lowest BCUT2D eigenvalue weighted by Crippen LogP contribution is -2.47. The van der Waals surface area contributed by atoms with E-state index in [2.05, 4.69) is 30.1 Å². The smallest absolute Gasteiger partial charge is 0.278 e. The third-order valence-electron chi connectivity index (χ3n) is 5.12. The van der Waals surface area contributed by atoms with Crippen LogP contribution in [0.3, 0.4) is 0 Å². The summed E-state index contributed by atoms with van der Waals surface area (Å²) in [6.45, 7) is 2.91. The van der Waals surface area contributed by atoms with Gasteiger partial charge in [-0.3, -0.25) is 0 Å². The molecule has 1 aliphatic rings. The summed E-state index contributed by atoms with van der Waals surface area (Å²) in [6.07, 6.45) is 0. The van der Waals surface area contributed by atoms with Crippen molar-refractivity contribution in [1.29, 1.82) is 0 Å². The summed E-state index contributed by atoms with van der Waals surface area (Å²) in [4.78, 5) is 8.60. The number of aromatic nitrogens is 4. The average molecular weight is 402 g/mol. The molecule has 0 aliphatic carbocycles. The van der Waals surface area contributed by atoms with Crippen molar-refractivity contribution in [3.8, 4) is 23.0 Å². The molecule has 1 aliphatic heterocycles. The molecule has 5 rings (SSSR count). The molecule has 7 nitrogen and oxygen atoms in total. The predicted octanol–water partition coefficient (Wildman–Crippen LogP) is 3.66. The van der Waals surface area contributed by atoms with E-state index in [1.165, 1.54) is 6.07 Å². The van der Waals surface area contributed by atoms with Gasteiger partial charge in [-0.05, 0) is 24.3 Å². The summed E-state index contributed by atoms with van der Waals surface area (Å²) in [5.74, 6) is 1.43. The minimum absolute atomic E-state index is 0.190. The molecule has 0 atom stereocenters. The van der Waals surface area contributed by atoms with Gasteiger partial charge in [-0.1, -0.05) is 47.6 Å². The molecule has 2 aromatic heterocycles. The molecule has 1 fully saturated rings. The van der Waals surface area contributed by atoms with Crippen LogP contribution in [0.4, 0.5) is 15.9 Å². The lowest BCUT2D eigenvalue weighted by Gasteiger charge is -2.36. The van der Waals surface area contributed by atoms with Crippen molar-refractivity contribution in [2.75, 3.05) is 36.0 Å². The number of anilines is 2. The van der Waals surface area contributed by atoms with Gasteiger partial charge in [-0.25, -0.2) is 4.39 Å². The minimum Gasteiger partial charge on any atom is -0.366 e. The molecule has 30 heavy (non-hydrogen) atoms. The molecule has 150 valence electrons. The Balaban J connectivity index is 1.26. The normalized spacial score (nSPS) is 14.2. The Bertz CT molecular complexity index is 1120. The fraction of sp³-hybridized carbons (Fsp3) is 0.182. The van der Waals surface area contributed by atoms with Gasteiger partial charge in [0.25, 0.3) is 5.89 Å². The maximum Gasteiger partial charge on any atom is 0.278 e. The third-order valence-corrected chi connectivity index (χ3v) is 5.12. The number of halogens is 1. The topological polar surface area (TPSA) is 71.2 Å². The van der Waals surface area contributed by atoms with Gasteiger partial charge >= 0.3 is 0 Å². The van der Waals surface area contributed by atoms with Gasteiger partial charge < -0.3 is 14.3 Å². The second-order valence-electron chi connectivity index (χ2n) is 6.99. The summed E-state index contributed by atoms with van der Waals surface area (Å²) in [5, 5.41) is 12.6. The molecule has 8 heteroatoms. The molecule has 0 bridgehead atoms. The molecule has 0 unspecified atom stereocenters. The molecule has 3 heterocycles. The first-order valence-electron chi connectivity index (χ1n) is 9.75. The van der Waals surface area contributed by atoms with E-state index in [0.717, 1.165) is 24.5 Å². The zero-order valence-corrected chi connectivity index (χ0v) is 16.1. The number of rotatable bonds is 4. The van der Waals surface area contributed by atoms with Gasteiger partial charge in [0.2, 0.25) is 5.82 Å². The highest BCUT2D eigenvalue weighted by Gasteiger charge is 2.21. The molecule has 0 radical (unpaired) electrons. The summed E-state index contributed by atoms with van der Waals surface area (Å²) < 4.78 is 19.4. The zero-order chi connectivity index (χ0) is 20.3. The second kappa shape index (κ2) is 7.90. The minimum atomic E-state index is -0.190. The molecule has 0 N–H and O–H groups in total. The highest BCUT2D eigenvalue weighted by atomic mass is 19.1. The second-order valence-corrected chi connectivity index (χ2v) is 6.99. The summed E-state index contributed by atoms with van der Waals surface area (Å²) in [5.41, 5.74) is 2.05. The molecule has 0 spiro atoms. The van der Waals surface area contributed by atoms with E-state index >= 15 is 0 Å². The van der Waals surface area contributed by atoms with Crippen LogP contribution in [0.15, 0.2) is 71.3 Å². The molecule has 1 saturated heterocycles. The van der Waals surface area contributed by atoms with E-state index in [1.807, 2.05) is 54.6 Å². The van der Waals surface area contributed by atoms with Crippen LogP contribution in [0.5, 0.6) is 0 Å². The maximum absolute atomic E-state index is 14.0.